The summed E-state index contributed by atoms with van der Waals surface area (Å²) < 4.78 is 4.96. The number of ether oxygens (including phenoxy) is 1. The van der Waals surface area contributed by atoms with Crippen LogP contribution in [-0.4, -0.2) is 37.6 Å². The standard InChI is InChI=1S/C12H16N2O2S/c1-16-8-7-14(6-3-5-13)12(15)10-11-4-2-9-17-11/h2,4,9H,3,6-8,10H2,1H3. The van der Waals surface area contributed by atoms with Crippen LogP contribution in [-0.2, 0) is 16.0 Å². The van der Waals surface area contributed by atoms with E-state index in [0.717, 1.165) is 4.88 Å². The van der Waals surface area contributed by atoms with E-state index >= 15 is 0 Å². The average molecular weight is 252 g/mol. The van der Waals surface area contributed by atoms with E-state index in [1.165, 1.54) is 0 Å². The van der Waals surface area contributed by atoms with E-state index in [9.17, 15) is 4.79 Å². The monoisotopic (exact) mass is 252 g/mol. The van der Waals surface area contributed by atoms with Crippen LogP contribution in [0, 0.1) is 11.3 Å². The molecule has 0 bridgehead atoms. The second-order valence-corrected chi connectivity index (χ2v) is 4.57. The molecule has 1 amide bonds. The minimum atomic E-state index is 0.0553. The SMILES string of the molecule is COCCN(CCC#N)C(=O)Cc1cccs1. The fourth-order valence-corrected chi connectivity index (χ4v) is 2.12. The van der Waals surface area contributed by atoms with Crippen LogP contribution in [0.25, 0.3) is 0 Å². The molecule has 0 aliphatic heterocycles. The topological polar surface area (TPSA) is 53.3 Å². The van der Waals surface area contributed by atoms with Crippen LogP contribution in [0.1, 0.15) is 11.3 Å². The molecule has 1 aromatic heterocycles. The Labute approximate surface area is 105 Å². The summed E-state index contributed by atoms with van der Waals surface area (Å²) in [7, 11) is 1.60. The largest absolute Gasteiger partial charge is 0.383 e. The van der Waals surface area contributed by atoms with E-state index in [0.29, 0.717) is 32.5 Å². The lowest BCUT2D eigenvalue weighted by molar-refractivity contribution is -0.131. The smallest absolute Gasteiger partial charge is 0.227 e. The first-order valence-electron chi connectivity index (χ1n) is 5.44. The van der Waals surface area contributed by atoms with E-state index in [-0.39, 0.29) is 5.91 Å². The van der Waals surface area contributed by atoms with Gasteiger partial charge in [-0.05, 0) is 11.4 Å². The van der Waals surface area contributed by atoms with Crippen LogP contribution in [0.3, 0.4) is 0 Å². The van der Waals surface area contributed by atoms with E-state index in [1.54, 1.807) is 23.3 Å². The molecule has 0 aliphatic carbocycles. The van der Waals surface area contributed by atoms with Crippen molar-refractivity contribution in [1.82, 2.24) is 4.90 Å². The molecule has 1 heterocycles. The van der Waals surface area contributed by atoms with E-state index < -0.39 is 0 Å². The minimum Gasteiger partial charge on any atom is -0.383 e. The van der Waals surface area contributed by atoms with Gasteiger partial charge in [-0.3, -0.25) is 4.79 Å². The summed E-state index contributed by atoms with van der Waals surface area (Å²) in [5.41, 5.74) is 0. The molecule has 0 saturated heterocycles. The number of nitrogens with zero attached hydrogens (tertiary/aromatic N) is 2. The molecule has 0 unspecified atom stereocenters. The zero-order valence-electron chi connectivity index (χ0n) is 9.89. The number of carbonyl (C=O) groups excluding carboxylic acids is 1. The summed E-state index contributed by atoms with van der Waals surface area (Å²) in [5.74, 6) is 0.0553. The highest BCUT2D eigenvalue weighted by Crippen LogP contribution is 2.10. The third kappa shape index (κ3) is 4.98. The lowest BCUT2D eigenvalue weighted by atomic mass is 10.3. The molecule has 0 aromatic carbocycles. The fraction of sp³-hybridized carbons (Fsp3) is 0.500. The van der Waals surface area contributed by atoms with Crippen molar-refractivity contribution in [3.05, 3.63) is 22.4 Å². The average Bonchev–Trinajstić information content (AvgIpc) is 2.82. The highest BCUT2D eigenvalue weighted by molar-refractivity contribution is 7.10. The third-order valence-corrected chi connectivity index (χ3v) is 3.19. The van der Waals surface area contributed by atoms with Crippen LogP contribution >= 0.6 is 11.3 Å². The number of hydrogen-bond acceptors (Lipinski definition) is 4. The Kier molecular flexibility index (Phi) is 6.30. The Balaban J connectivity index is 2.49. The van der Waals surface area contributed by atoms with Crippen molar-refractivity contribution in [2.24, 2.45) is 0 Å². The number of hydrogen-bond donors (Lipinski definition) is 0. The van der Waals surface area contributed by atoms with Gasteiger partial charge in [0.2, 0.25) is 5.91 Å². The molecule has 92 valence electrons. The molecule has 0 radical (unpaired) electrons. The van der Waals surface area contributed by atoms with Crippen molar-refractivity contribution in [2.75, 3.05) is 26.8 Å². The second-order valence-electron chi connectivity index (χ2n) is 3.54. The Morgan fingerprint density at radius 2 is 2.41 bits per heavy atom. The van der Waals surface area contributed by atoms with Gasteiger partial charge in [-0.15, -0.1) is 11.3 Å². The zero-order chi connectivity index (χ0) is 12.5. The van der Waals surface area contributed by atoms with Crippen LogP contribution < -0.4 is 0 Å². The molecular weight excluding hydrogens is 236 g/mol. The molecule has 0 atom stereocenters. The Morgan fingerprint density at radius 1 is 1.59 bits per heavy atom. The van der Waals surface area contributed by atoms with Crippen molar-refractivity contribution in [2.45, 2.75) is 12.8 Å². The molecule has 0 saturated carbocycles. The van der Waals surface area contributed by atoms with Crippen molar-refractivity contribution in [3.8, 4) is 6.07 Å². The van der Waals surface area contributed by atoms with Gasteiger partial charge in [0, 0.05) is 25.1 Å². The van der Waals surface area contributed by atoms with Gasteiger partial charge in [0.25, 0.3) is 0 Å². The van der Waals surface area contributed by atoms with Gasteiger partial charge < -0.3 is 9.64 Å². The molecule has 0 fully saturated rings. The fourth-order valence-electron chi connectivity index (χ4n) is 1.42. The van der Waals surface area contributed by atoms with Crippen molar-refractivity contribution in [3.63, 3.8) is 0 Å². The van der Waals surface area contributed by atoms with Crippen LogP contribution in [0.2, 0.25) is 0 Å². The molecule has 0 N–H and O–H groups in total. The van der Waals surface area contributed by atoms with Crippen LogP contribution in [0.5, 0.6) is 0 Å². The molecule has 1 aromatic rings. The van der Waals surface area contributed by atoms with Crippen LogP contribution in [0.15, 0.2) is 17.5 Å². The van der Waals surface area contributed by atoms with Gasteiger partial charge in [-0.2, -0.15) is 5.26 Å². The number of amides is 1. The Morgan fingerprint density at radius 3 is 3.00 bits per heavy atom. The number of thiophene rings is 1. The summed E-state index contributed by atoms with van der Waals surface area (Å²) >= 11 is 1.57. The summed E-state index contributed by atoms with van der Waals surface area (Å²) in [6.07, 6.45) is 0.771. The van der Waals surface area contributed by atoms with Gasteiger partial charge in [0.15, 0.2) is 0 Å². The summed E-state index contributed by atoms with van der Waals surface area (Å²) in [6, 6.07) is 5.93. The van der Waals surface area contributed by atoms with E-state index in [1.807, 2.05) is 17.5 Å². The number of rotatable bonds is 7. The first kappa shape index (κ1) is 13.7. The molecule has 0 spiro atoms. The van der Waals surface area contributed by atoms with Gasteiger partial charge in [-0.1, -0.05) is 6.07 Å². The lowest BCUT2D eigenvalue weighted by Gasteiger charge is -2.20. The molecule has 0 aliphatic rings. The molecule has 5 heteroatoms. The number of methoxy groups -OCH3 is 1. The summed E-state index contributed by atoms with van der Waals surface area (Å²) in [4.78, 5) is 14.7. The van der Waals surface area contributed by atoms with Gasteiger partial charge in [-0.25, -0.2) is 0 Å². The quantitative estimate of drug-likeness (QED) is 0.742. The normalized spacial score (nSPS) is 9.88. The predicted octanol–water partition coefficient (Wildman–Crippen LogP) is 1.68. The van der Waals surface area contributed by atoms with Crippen molar-refractivity contribution < 1.29 is 9.53 Å². The Hall–Kier alpha value is -1.38. The molecule has 4 nitrogen and oxygen atoms in total. The summed E-state index contributed by atoms with van der Waals surface area (Å²) in [5, 5.41) is 10.5. The molecular formula is C12H16N2O2S. The molecule has 17 heavy (non-hydrogen) atoms. The van der Waals surface area contributed by atoms with Gasteiger partial charge in [0.05, 0.1) is 25.5 Å². The molecule has 1 rings (SSSR count). The zero-order valence-corrected chi connectivity index (χ0v) is 10.7. The van der Waals surface area contributed by atoms with Crippen LogP contribution in [0.4, 0.5) is 0 Å². The van der Waals surface area contributed by atoms with E-state index in [4.69, 9.17) is 10.00 Å². The first-order valence-corrected chi connectivity index (χ1v) is 6.32. The van der Waals surface area contributed by atoms with Crippen molar-refractivity contribution in [1.29, 1.82) is 5.26 Å². The maximum absolute atomic E-state index is 12.0. The first-order chi connectivity index (χ1) is 8.27. The highest BCUT2D eigenvalue weighted by Gasteiger charge is 2.13. The van der Waals surface area contributed by atoms with Gasteiger partial charge >= 0.3 is 0 Å². The number of carbonyl (C=O) groups is 1. The lowest BCUT2D eigenvalue weighted by Crippen LogP contribution is -2.35. The van der Waals surface area contributed by atoms with Crippen molar-refractivity contribution >= 4 is 17.2 Å². The second kappa shape index (κ2) is 7.82. The maximum atomic E-state index is 12.0. The third-order valence-electron chi connectivity index (χ3n) is 2.32. The highest BCUT2D eigenvalue weighted by atomic mass is 32.1. The van der Waals surface area contributed by atoms with Gasteiger partial charge in [0.1, 0.15) is 0 Å². The minimum absolute atomic E-state index is 0.0553. The predicted molar refractivity (Wildman–Crippen MR) is 66.7 cm³/mol. The Bertz CT molecular complexity index is 370. The number of nitriles is 1. The van der Waals surface area contributed by atoms with E-state index in [2.05, 4.69) is 6.07 Å². The maximum Gasteiger partial charge on any atom is 0.227 e. The summed E-state index contributed by atoms with van der Waals surface area (Å²) in [6.45, 7) is 1.52.